The fraction of sp³-hybridized carbons (Fsp3) is 0.500. The van der Waals surface area contributed by atoms with E-state index >= 15 is 0 Å². The van der Waals surface area contributed by atoms with E-state index in [1.807, 2.05) is 25.1 Å². The first-order chi connectivity index (χ1) is 8.61. The van der Waals surface area contributed by atoms with Crippen LogP contribution >= 0.6 is 35.0 Å². The van der Waals surface area contributed by atoms with Crippen LogP contribution in [-0.4, -0.2) is 18.5 Å². The quantitative estimate of drug-likeness (QED) is 0.775. The molecule has 1 amide bonds. The molecule has 2 unspecified atom stereocenters. The normalized spacial score (nSPS) is 21.8. The van der Waals surface area contributed by atoms with E-state index in [0.717, 1.165) is 28.4 Å². The van der Waals surface area contributed by atoms with Gasteiger partial charge in [0.25, 0.3) is 5.91 Å². The van der Waals surface area contributed by atoms with Gasteiger partial charge < -0.3 is 11.1 Å². The predicted molar refractivity (Wildman–Crippen MR) is 88.8 cm³/mol. The molecule has 0 aromatic heterocycles. The second kappa shape index (κ2) is 7.45. The first-order valence-corrected chi connectivity index (χ1v) is 7.46. The molecule has 0 heterocycles. The van der Waals surface area contributed by atoms with Crippen LogP contribution in [-0.2, 0) is 0 Å². The van der Waals surface area contributed by atoms with Crippen molar-refractivity contribution in [2.45, 2.75) is 32.2 Å². The van der Waals surface area contributed by atoms with Crippen LogP contribution in [0.4, 0.5) is 0 Å². The largest absolute Gasteiger partial charge is 0.349 e. The fourth-order valence-corrected chi connectivity index (χ4v) is 3.01. The summed E-state index contributed by atoms with van der Waals surface area (Å²) in [5.74, 6) is 0.469. The number of carbonyl (C=O) groups is 1. The second-order valence-corrected chi connectivity index (χ2v) is 6.13. The van der Waals surface area contributed by atoms with Gasteiger partial charge in [-0.05, 0) is 72.5 Å². The summed E-state index contributed by atoms with van der Waals surface area (Å²) in [6, 6.07) is 6.07. The molecule has 0 aliphatic heterocycles. The van der Waals surface area contributed by atoms with E-state index in [1.54, 1.807) is 0 Å². The zero-order valence-electron chi connectivity index (χ0n) is 11.0. The molecule has 0 radical (unpaired) electrons. The van der Waals surface area contributed by atoms with Gasteiger partial charge in [0.2, 0.25) is 0 Å². The predicted octanol–water partition coefficient (Wildman–Crippen LogP) is 2.88. The number of hydrogen-bond donors (Lipinski definition) is 2. The number of carbonyl (C=O) groups excluding carboxylic acids is 1. The summed E-state index contributed by atoms with van der Waals surface area (Å²) in [4.78, 5) is 12.2. The summed E-state index contributed by atoms with van der Waals surface area (Å²) < 4.78 is 1.13. The van der Waals surface area contributed by atoms with Crippen molar-refractivity contribution < 1.29 is 4.79 Å². The molecule has 0 bridgehead atoms. The molecular weight excluding hydrogens is 375 g/mol. The van der Waals surface area contributed by atoms with Crippen molar-refractivity contribution >= 4 is 40.9 Å². The van der Waals surface area contributed by atoms with E-state index in [-0.39, 0.29) is 24.4 Å². The zero-order chi connectivity index (χ0) is 13.1. The Bertz CT molecular complexity index is 453. The van der Waals surface area contributed by atoms with Gasteiger partial charge in [-0.2, -0.15) is 0 Å². The third-order valence-electron chi connectivity index (χ3n) is 3.71. The second-order valence-electron chi connectivity index (χ2n) is 4.97. The number of halogens is 2. The first-order valence-electron chi connectivity index (χ1n) is 6.39. The Labute approximate surface area is 134 Å². The molecule has 19 heavy (non-hydrogen) atoms. The average molecular weight is 395 g/mol. The minimum absolute atomic E-state index is 0. The van der Waals surface area contributed by atoms with Gasteiger partial charge in [0.1, 0.15) is 0 Å². The Morgan fingerprint density at radius 3 is 2.84 bits per heavy atom. The maximum absolute atomic E-state index is 12.2. The van der Waals surface area contributed by atoms with E-state index < -0.39 is 0 Å². The first kappa shape index (κ1) is 16.7. The highest BCUT2D eigenvalue weighted by Crippen LogP contribution is 2.25. The molecule has 1 aromatic carbocycles. The van der Waals surface area contributed by atoms with E-state index in [9.17, 15) is 4.79 Å². The Balaban J connectivity index is 0.00000180. The number of amides is 1. The lowest BCUT2D eigenvalue weighted by Gasteiger charge is -2.19. The van der Waals surface area contributed by atoms with Crippen LogP contribution in [0.1, 0.15) is 35.2 Å². The molecule has 0 saturated heterocycles. The summed E-state index contributed by atoms with van der Waals surface area (Å²) in [6.07, 6.45) is 3.35. The van der Waals surface area contributed by atoms with Crippen LogP contribution in [0.15, 0.2) is 18.2 Å². The van der Waals surface area contributed by atoms with E-state index in [2.05, 4.69) is 27.9 Å². The minimum atomic E-state index is 0. The standard InChI is InChI=1S/C14H19IN2O.ClH/c1-9-5-6-10(7-12(9)15)14(18)17-13-4-2-3-11(13)8-16;/h5-7,11,13H,2-4,8,16H2,1H3,(H,17,18);1H. The molecule has 5 heteroatoms. The van der Waals surface area contributed by atoms with E-state index in [1.165, 1.54) is 5.56 Å². The lowest BCUT2D eigenvalue weighted by molar-refractivity contribution is 0.0928. The monoisotopic (exact) mass is 394 g/mol. The van der Waals surface area contributed by atoms with Crippen molar-refractivity contribution in [3.8, 4) is 0 Å². The highest BCUT2D eigenvalue weighted by molar-refractivity contribution is 14.1. The van der Waals surface area contributed by atoms with Crippen molar-refractivity contribution in [3.63, 3.8) is 0 Å². The van der Waals surface area contributed by atoms with E-state index in [4.69, 9.17) is 5.73 Å². The Morgan fingerprint density at radius 2 is 2.21 bits per heavy atom. The number of hydrogen-bond acceptors (Lipinski definition) is 2. The number of nitrogens with two attached hydrogens (primary N) is 1. The van der Waals surface area contributed by atoms with Crippen LogP contribution in [0, 0.1) is 16.4 Å². The Morgan fingerprint density at radius 1 is 1.47 bits per heavy atom. The van der Waals surface area contributed by atoms with Gasteiger partial charge in [0, 0.05) is 15.2 Å². The van der Waals surface area contributed by atoms with Gasteiger partial charge in [0.15, 0.2) is 0 Å². The molecule has 3 N–H and O–H groups in total. The highest BCUT2D eigenvalue weighted by Gasteiger charge is 2.27. The van der Waals surface area contributed by atoms with Crippen LogP contribution in [0.5, 0.6) is 0 Å². The van der Waals surface area contributed by atoms with Crippen LogP contribution in [0.2, 0.25) is 0 Å². The van der Waals surface area contributed by atoms with Gasteiger partial charge in [0.05, 0.1) is 0 Å². The summed E-state index contributed by atoms with van der Waals surface area (Å²) in [7, 11) is 0. The molecule has 2 rings (SSSR count). The highest BCUT2D eigenvalue weighted by atomic mass is 127. The Hall–Kier alpha value is -0.330. The lowest BCUT2D eigenvalue weighted by atomic mass is 10.0. The number of benzene rings is 1. The number of nitrogens with one attached hydrogen (secondary N) is 1. The average Bonchev–Trinajstić information content (AvgIpc) is 2.79. The lowest BCUT2D eigenvalue weighted by Crippen LogP contribution is -2.39. The minimum Gasteiger partial charge on any atom is -0.349 e. The number of rotatable bonds is 3. The summed E-state index contributed by atoms with van der Waals surface area (Å²) in [5.41, 5.74) is 7.68. The molecule has 1 aromatic rings. The molecule has 1 aliphatic rings. The van der Waals surface area contributed by atoms with Crippen LogP contribution in [0.25, 0.3) is 0 Å². The molecule has 1 aliphatic carbocycles. The van der Waals surface area contributed by atoms with Crippen molar-refractivity contribution in [1.82, 2.24) is 5.32 Å². The van der Waals surface area contributed by atoms with Gasteiger partial charge in [-0.25, -0.2) is 0 Å². The molecule has 1 saturated carbocycles. The van der Waals surface area contributed by atoms with Crippen LogP contribution in [0.3, 0.4) is 0 Å². The summed E-state index contributed by atoms with van der Waals surface area (Å²) in [5, 5.41) is 3.12. The molecular formula is C14H20ClIN2O. The van der Waals surface area contributed by atoms with Crippen molar-refractivity contribution in [1.29, 1.82) is 0 Å². The maximum Gasteiger partial charge on any atom is 0.251 e. The fourth-order valence-electron chi connectivity index (χ4n) is 2.49. The van der Waals surface area contributed by atoms with Crippen LogP contribution < -0.4 is 11.1 Å². The third-order valence-corrected chi connectivity index (χ3v) is 4.87. The third kappa shape index (κ3) is 4.07. The molecule has 0 spiro atoms. The zero-order valence-corrected chi connectivity index (χ0v) is 14.0. The summed E-state index contributed by atoms with van der Waals surface area (Å²) in [6.45, 7) is 2.71. The van der Waals surface area contributed by atoms with Gasteiger partial charge in [-0.3, -0.25) is 4.79 Å². The maximum atomic E-state index is 12.2. The molecule has 106 valence electrons. The number of aryl methyl sites for hydroxylation is 1. The van der Waals surface area contributed by atoms with Gasteiger partial charge in [-0.1, -0.05) is 12.5 Å². The topological polar surface area (TPSA) is 55.1 Å². The SMILES string of the molecule is Cc1ccc(C(=O)NC2CCCC2CN)cc1I.Cl. The van der Waals surface area contributed by atoms with E-state index in [0.29, 0.717) is 12.5 Å². The van der Waals surface area contributed by atoms with Crippen molar-refractivity contribution in [3.05, 3.63) is 32.9 Å². The summed E-state index contributed by atoms with van der Waals surface area (Å²) >= 11 is 2.26. The van der Waals surface area contributed by atoms with Crippen molar-refractivity contribution in [2.75, 3.05) is 6.54 Å². The van der Waals surface area contributed by atoms with Crippen molar-refractivity contribution in [2.24, 2.45) is 11.7 Å². The molecule has 1 fully saturated rings. The molecule has 3 nitrogen and oxygen atoms in total. The van der Waals surface area contributed by atoms with Gasteiger partial charge in [-0.15, -0.1) is 12.4 Å². The Kier molecular flexibility index (Phi) is 6.56. The van der Waals surface area contributed by atoms with Gasteiger partial charge >= 0.3 is 0 Å². The molecule has 2 atom stereocenters. The smallest absolute Gasteiger partial charge is 0.251 e.